The Morgan fingerprint density at radius 3 is 2.58 bits per heavy atom. The van der Waals surface area contributed by atoms with Crippen molar-refractivity contribution in [3.05, 3.63) is 42.0 Å². The Morgan fingerprint density at radius 2 is 2.00 bits per heavy atom. The molecule has 0 saturated heterocycles. The van der Waals surface area contributed by atoms with Crippen LogP contribution in [0, 0.1) is 13.8 Å². The summed E-state index contributed by atoms with van der Waals surface area (Å²) >= 11 is 0. The lowest BCUT2D eigenvalue weighted by Gasteiger charge is -2.08. The highest BCUT2D eigenvalue weighted by Crippen LogP contribution is 2.14. The fourth-order valence-corrected chi connectivity index (χ4v) is 2.44. The van der Waals surface area contributed by atoms with Crippen molar-refractivity contribution in [1.29, 1.82) is 0 Å². The third-order valence-corrected chi connectivity index (χ3v) is 4.05. The van der Waals surface area contributed by atoms with E-state index < -0.39 is 15.9 Å². The number of hydrogen-bond acceptors (Lipinski definition) is 3. The third kappa shape index (κ3) is 4.50. The Hall–Kier alpha value is -1.66. The monoisotopic (exact) mass is 282 g/mol. The SMILES string of the molecule is C=CCNC(=O)CNS(=O)(=O)c1ccc(C)c(C)c1. The summed E-state index contributed by atoms with van der Waals surface area (Å²) in [5.74, 6) is -0.396. The van der Waals surface area contributed by atoms with Gasteiger partial charge in [-0.1, -0.05) is 12.1 Å². The molecule has 0 saturated carbocycles. The number of carbonyl (C=O) groups excluding carboxylic acids is 1. The summed E-state index contributed by atoms with van der Waals surface area (Å²) in [6.45, 7) is 7.22. The second-order valence-electron chi connectivity index (χ2n) is 4.16. The number of rotatable bonds is 6. The summed E-state index contributed by atoms with van der Waals surface area (Å²) in [6, 6.07) is 4.84. The van der Waals surface area contributed by atoms with Crippen LogP contribution in [0.3, 0.4) is 0 Å². The number of benzene rings is 1. The molecule has 0 fully saturated rings. The molecule has 0 aliphatic rings. The Kier molecular flexibility index (Phi) is 5.26. The highest BCUT2D eigenvalue weighted by atomic mass is 32.2. The van der Waals surface area contributed by atoms with E-state index in [9.17, 15) is 13.2 Å². The predicted octanol–water partition coefficient (Wildman–Crippen LogP) is 0.884. The molecular formula is C13H18N2O3S. The van der Waals surface area contributed by atoms with Crippen LogP contribution in [-0.4, -0.2) is 27.4 Å². The molecule has 0 aromatic heterocycles. The number of amides is 1. The van der Waals surface area contributed by atoms with Crippen molar-refractivity contribution in [2.45, 2.75) is 18.7 Å². The van der Waals surface area contributed by atoms with Gasteiger partial charge in [0.2, 0.25) is 15.9 Å². The van der Waals surface area contributed by atoms with Crippen LogP contribution in [0.2, 0.25) is 0 Å². The lowest BCUT2D eigenvalue weighted by atomic mass is 10.1. The average Bonchev–Trinajstić information content (AvgIpc) is 2.37. The smallest absolute Gasteiger partial charge is 0.241 e. The zero-order valence-electron chi connectivity index (χ0n) is 11.1. The Balaban J connectivity index is 2.73. The molecule has 0 heterocycles. The van der Waals surface area contributed by atoms with Gasteiger partial charge >= 0.3 is 0 Å². The molecule has 1 amide bonds. The molecule has 1 rings (SSSR count). The predicted molar refractivity (Wildman–Crippen MR) is 74.3 cm³/mol. The molecule has 2 N–H and O–H groups in total. The van der Waals surface area contributed by atoms with Crippen molar-refractivity contribution in [2.24, 2.45) is 0 Å². The fourth-order valence-electron chi connectivity index (χ4n) is 1.37. The van der Waals surface area contributed by atoms with Crippen LogP contribution in [0.25, 0.3) is 0 Å². The number of carbonyl (C=O) groups is 1. The minimum atomic E-state index is -3.66. The van der Waals surface area contributed by atoms with E-state index in [1.165, 1.54) is 12.1 Å². The van der Waals surface area contributed by atoms with E-state index in [2.05, 4.69) is 16.6 Å². The van der Waals surface area contributed by atoms with Gasteiger partial charge in [-0.05, 0) is 37.1 Å². The van der Waals surface area contributed by atoms with Crippen LogP contribution < -0.4 is 10.0 Å². The van der Waals surface area contributed by atoms with E-state index in [4.69, 9.17) is 0 Å². The van der Waals surface area contributed by atoms with Gasteiger partial charge in [-0.3, -0.25) is 4.79 Å². The number of nitrogens with one attached hydrogen (secondary N) is 2. The number of aryl methyl sites for hydroxylation is 2. The zero-order chi connectivity index (χ0) is 14.5. The summed E-state index contributed by atoms with van der Waals surface area (Å²) in [6.07, 6.45) is 1.52. The van der Waals surface area contributed by atoms with Gasteiger partial charge in [-0.25, -0.2) is 13.1 Å². The fraction of sp³-hybridized carbons (Fsp3) is 0.308. The highest BCUT2D eigenvalue weighted by Gasteiger charge is 2.15. The van der Waals surface area contributed by atoms with Gasteiger partial charge < -0.3 is 5.32 Å². The molecule has 0 aliphatic carbocycles. The van der Waals surface area contributed by atoms with E-state index in [1.54, 1.807) is 12.1 Å². The van der Waals surface area contributed by atoms with Crippen LogP contribution in [0.15, 0.2) is 35.7 Å². The van der Waals surface area contributed by atoms with Gasteiger partial charge in [-0.15, -0.1) is 6.58 Å². The molecule has 0 spiro atoms. The topological polar surface area (TPSA) is 75.3 Å². The standard InChI is InChI=1S/C13H18N2O3S/c1-4-7-14-13(16)9-15-19(17,18)12-6-5-10(2)11(3)8-12/h4-6,8,15H,1,7,9H2,2-3H3,(H,14,16). The highest BCUT2D eigenvalue weighted by molar-refractivity contribution is 7.89. The second kappa shape index (κ2) is 6.49. The van der Waals surface area contributed by atoms with Crippen LogP contribution in [0.1, 0.15) is 11.1 Å². The Bertz CT molecular complexity index is 580. The normalized spacial score (nSPS) is 11.1. The van der Waals surface area contributed by atoms with Gasteiger partial charge in [-0.2, -0.15) is 0 Å². The molecule has 19 heavy (non-hydrogen) atoms. The molecule has 0 bridgehead atoms. The molecule has 0 unspecified atom stereocenters. The first-order chi connectivity index (χ1) is 8.86. The maximum Gasteiger partial charge on any atom is 0.241 e. The summed E-state index contributed by atoms with van der Waals surface area (Å²) in [4.78, 5) is 11.5. The van der Waals surface area contributed by atoms with Crippen molar-refractivity contribution >= 4 is 15.9 Å². The van der Waals surface area contributed by atoms with Gasteiger partial charge in [0.05, 0.1) is 11.4 Å². The molecule has 1 aromatic rings. The van der Waals surface area contributed by atoms with E-state index >= 15 is 0 Å². The van der Waals surface area contributed by atoms with Crippen molar-refractivity contribution in [3.63, 3.8) is 0 Å². The van der Waals surface area contributed by atoms with Crippen molar-refractivity contribution < 1.29 is 13.2 Å². The molecule has 0 radical (unpaired) electrons. The summed E-state index contributed by atoms with van der Waals surface area (Å²) in [7, 11) is -3.66. The minimum absolute atomic E-state index is 0.159. The summed E-state index contributed by atoms with van der Waals surface area (Å²) in [5.41, 5.74) is 1.90. The van der Waals surface area contributed by atoms with Gasteiger partial charge in [0.15, 0.2) is 0 Å². The van der Waals surface area contributed by atoms with E-state index in [0.717, 1.165) is 11.1 Å². The molecule has 1 aromatic carbocycles. The third-order valence-electron chi connectivity index (χ3n) is 2.65. The van der Waals surface area contributed by atoms with Crippen LogP contribution in [0.4, 0.5) is 0 Å². The minimum Gasteiger partial charge on any atom is -0.352 e. The zero-order valence-corrected chi connectivity index (χ0v) is 11.9. The first-order valence-electron chi connectivity index (χ1n) is 5.81. The van der Waals surface area contributed by atoms with Crippen molar-refractivity contribution in [3.8, 4) is 0 Å². The molecule has 104 valence electrons. The summed E-state index contributed by atoms with van der Waals surface area (Å²) < 4.78 is 26.2. The van der Waals surface area contributed by atoms with Crippen molar-refractivity contribution in [1.82, 2.24) is 10.0 Å². The largest absolute Gasteiger partial charge is 0.352 e. The van der Waals surface area contributed by atoms with Crippen molar-refractivity contribution in [2.75, 3.05) is 13.1 Å². The lowest BCUT2D eigenvalue weighted by molar-refractivity contribution is -0.119. The Morgan fingerprint density at radius 1 is 1.32 bits per heavy atom. The van der Waals surface area contributed by atoms with Crippen LogP contribution >= 0.6 is 0 Å². The van der Waals surface area contributed by atoms with Crippen LogP contribution in [-0.2, 0) is 14.8 Å². The van der Waals surface area contributed by atoms with Gasteiger partial charge in [0, 0.05) is 6.54 Å². The van der Waals surface area contributed by atoms with E-state index in [1.807, 2.05) is 13.8 Å². The number of sulfonamides is 1. The quantitative estimate of drug-likeness (QED) is 0.761. The van der Waals surface area contributed by atoms with E-state index in [-0.39, 0.29) is 11.4 Å². The molecular weight excluding hydrogens is 264 g/mol. The second-order valence-corrected chi connectivity index (χ2v) is 5.93. The first-order valence-corrected chi connectivity index (χ1v) is 7.29. The maximum absolute atomic E-state index is 12.0. The first kappa shape index (κ1) is 15.4. The maximum atomic E-state index is 12.0. The molecule has 0 atom stereocenters. The van der Waals surface area contributed by atoms with Crippen LogP contribution in [0.5, 0.6) is 0 Å². The average molecular weight is 282 g/mol. The lowest BCUT2D eigenvalue weighted by Crippen LogP contribution is -2.36. The summed E-state index contributed by atoms with van der Waals surface area (Å²) in [5, 5.41) is 2.49. The molecule has 6 heteroatoms. The van der Waals surface area contributed by atoms with Gasteiger partial charge in [0.1, 0.15) is 0 Å². The van der Waals surface area contributed by atoms with E-state index in [0.29, 0.717) is 6.54 Å². The molecule has 5 nitrogen and oxygen atoms in total. The van der Waals surface area contributed by atoms with Gasteiger partial charge in [0.25, 0.3) is 0 Å². The number of hydrogen-bond donors (Lipinski definition) is 2. The molecule has 0 aliphatic heterocycles. The Labute approximate surface area is 113 Å².